The lowest BCUT2D eigenvalue weighted by atomic mass is 10.1. The lowest BCUT2D eigenvalue weighted by Crippen LogP contribution is -2.30. The molecule has 0 amide bonds. The fraction of sp³-hybridized carbons (Fsp3) is 1.00. The van der Waals surface area contributed by atoms with Gasteiger partial charge in [0.1, 0.15) is 0 Å². The maximum atomic E-state index is 5.04. The monoisotopic (exact) mass is 174 g/mol. The van der Waals surface area contributed by atoms with Gasteiger partial charge in [0.05, 0.1) is 5.88 Å². The normalized spacial score (nSPS) is 12.0. The standard InChI is InChI=1S/C9H20NS/c1-8(2)5-10(7-11)6-9(3)4/h8-9H,5-7H2,1-4H3. The van der Waals surface area contributed by atoms with Crippen molar-refractivity contribution in [3.8, 4) is 0 Å². The highest BCUT2D eigenvalue weighted by Crippen LogP contribution is 2.03. The molecule has 0 unspecified atom stereocenters. The van der Waals surface area contributed by atoms with Crippen molar-refractivity contribution in [1.29, 1.82) is 0 Å². The maximum absolute atomic E-state index is 5.04. The van der Waals surface area contributed by atoms with E-state index in [4.69, 9.17) is 12.6 Å². The molecule has 0 rings (SSSR count). The molecule has 1 nitrogen and oxygen atoms in total. The molecule has 0 saturated heterocycles. The molecule has 67 valence electrons. The zero-order chi connectivity index (χ0) is 8.85. The van der Waals surface area contributed by atoms with Gasteiger partial charge in [0.2, 0.25) is 0 Å². The van der Waals surface area contributed by atoms with E-state index in [1.807, 2.05) is 0 Å². The Balaban J connectivity index is 3.58. The molecule has 0 aliphatic rings. The Labute approximate surface area is 76.6 Å². The van der Waals surface area contributed by atoms with Crippen LogP contribution in [0.3, 0.4) is 0 Å². The fourth-order valence-electron chi connectivity index (χ4n) is 1.21. The van der Waals surface area contributed by atoms with Gasteiger partial charge in [0, 0.05) is 13.1 Å². The van der Waals surface area contributed by atoms with Gasteiger partial charge in [-0.05, 0) is 11.8 Å². The second-order valence-corrected chi connectivity index (χ2v) is 4.21. The van der Waals surface area contributed by atoms with Crippen molar-refractivity contribution >= 4 is 12.6 Å². The first-order chi connectivity index (χ1) is 5.06. The average Bonchev–Trinajstić information content (AvgIpc) is 1.84. The Morgan fingerprint density at radius 3 is 1.55 bits per heavy atom. The molecule has 1 radical (unpaired) electrons. The summed E-state index contributed by atoms with van der Waals surface area (Å²) in [5.41, 5.74) is 0. The van der Waals surface area contributed by atoms with Crippen LogP contribution < -0.4 is 0 Å². The summed E-state index contributed by atoms with van der Waals surface area (Å²) < 4.78 is 0. The van der Waals surface area contributed by atoms with Crippen LogP contribution in [-0.4, -0.2) is 23.9 Å². The predicted molar refractivity (Wildman–Crippen MR) is 53.7 cm³/mol. The number of hydrogen-bond donors (Lipinski definition) is 0. The Bertz CT molecular complexity index is 81.6. The fourth-order valence-corrected chi connectivity index (χ4v) is 1.42. The van der Waals surface area contributed by atoms with Crippen LogP contribution in [0.1, 0.15) is 27.7 Å². The van der Waals surface area contributed by atoms with Gasteiger partial charge >= 0.3 is 0 Å². The van der Waals surface area contributed by atoms with Crippen LogP contribution in [0.2, 0.25) is 0 Å². The van der Waals surface area contributed by atoms with Gasteiger partial charge in [-0.15, -0.1) is 0 Å². The van der Waals surface area contributed by atoms with Crippen molar-refractivity contribution in [3.63, 3.8) is 0 Å². The molecule has 0 heterocycles. The minimum absolute atomic E-state index is 0.733. The van der Waals surface area contributed by atoms with Gasteiger partial charge in [0.25, 0.3) is 0 Å². The molecule has 2 heteroatoms. The molecular weight excluding hydrogens is 154 g/mol. The highest BCUT2D eigenvalue weighted by molar-refractivity contribution is 7.80. The van der Waals surface area contributed by atoms with E-state index in [9.17, 15) is 0 Å². The first kappa shape index (κ1) is 11.3. The van der Waals surface area contributed by atoms with E-state index in [0.717, 1.165) is 30.8 Å². The summed E-state index contributed by atoms with van der Waals surface area (Å²) in [6.45, 7) is 11.2. The molecule has 0 spiro atoms. The molecule has 0 aromatic heterocycles. The van der Waals surface area contributed by atoms with Crippen molar-refractivity contribution in [3.05, 3.63) is 0 Å². The molecule has 0 fully saturated rings. The van der Waals surface area contributed by atoms with Crippen LogP contribution in [0, 0.1) is 11.8 Å². The van der Waals surface area contributed by atoms with Crippen LogP contribution in [0.25, 0.3) is 0 Å². The SMILES string of the molecule is CC(C)CN(C[S])CC(C)C. The number of rotatable bonds is 5. The highest BCUT2D eigenvalue weighted by atomic mass is 32.1. The largest absolute Gasteiger partial charge is 0.293 e. The smallest absolute Gasteiger partial charge is 0.0549 e. The summed E-state index contributed by atoms with van der Waals surface area (Å²) in [5.74, 6) is 2.24. The Morgan fingerprint density at radius 1 is 1.00 bits per heavy atom. The summed E-state index contributed by atoms with van der Waals surface area (Å²) in [7, 11) is 0. The molecule has 0 aliphatic heterocycles. The van der Waals surface area contributed by atoms with Gasteiger partial charge in [-0.3, -0.25) is 4.90 Å². The molecule has 0 aromatic carbocycles. The lowest BCUT2D eigenvalue weighted by Gasteiger charge is -2.23. The summed E-state index contributed by atoms with van der Waals surface area (Å²) in [4.78, 5) is 2.34. The minimum Gasteiger partial charge on any atom is -0.293 e. The number of nitrogens with zero attached hydrogens (tertiary/aromatic N) is 1. The van der Waals surface area contributed by atoms with Crippen LogP contribution in [0.15, 0.2) is 0 Å². The molecule has 0 bridgehead atoms. The van der Waals surface area contributed by atoms with E-state index >= 15 is 0 Å². The molecule has 11 heavy (non-hydrogen) atoms. The second kappa shape index (κ2) is 5.90. The Hall–Kier alpha value is 0.310. The summed E-state index contributed by atoms with van der Waals surface area (Å²) in [6.07, 6.45) is 0. The topological polar surface area (TPSA) is 3.24 Å². The second-order valence-electron chi connectivity index (χ2n) is 3.95. The van der Waals surface area contributed by atoms with Crippen molar-refractivity contribution in [2.24, 2.45) is 11.8 Å². The average molecular weight is 174 g/mol. The van der Waals surface area contributed by atoms with Crippen LogP contribution in [-0.2, 0) is 0 Å². The Morgan fingerprint density at radius 2 is 1.36 bits per heavy atom. The van der Waals surface area contributed by atoms with Gasteiger partial charge in [-0.25, -0.2) is 0 Å². The molecule has 0 aromatic rings. The van der Waals surface area contributed by atoms with Gasteiger partial charge in [0.15, 0.2) is 0 Å². The molecule has 0 saturated carbocycles. The summed E-state index contributed by atoms with van der Waals surface area (Å²) in [6, 6.07) is 0. The molecule has 0 aliphatic carbocycles. The van der Waals surface area contributed by atoms with Crippen LogP contribution in [0.4, 0.5) is 0 Å². The molecular formula is C9H20NS. The number of hydrogen-bond acceptors (Lipinski definition) is 1. The van der Waals surface area contributed by atoms with Crippen molar-refractivity contribution < 1.29 is 0 Å². The van der Waals surface area contributed by atoms with Crippen LogP contribution >= 0.6 is 12.6 Å². The predicted octanol–water partition coefficient (Wildman–Crippen LogP) is 2.76. The van der Waals surface area contributed by atoms with E-state index in [0.29, 0.717) is 0 Å². The van der Waals surface area contributed by atoms with Gasteiger partial charge < -0.3 is 0 Å². The quantitative estimate of drug-likeness (QED) is 0.619. The third-order valence-electron chi connectivity index (χ3n) is 1.43. The van der Waals surface area contributed by atoms with Crippen molar-refractivity contribution in [2.45, 2.75) is 27.7 Å². The van der Waals surface area contributed by atoms with E-state index in [-0.39, 0.29) is 0 Å². The third kappa shape index (κ3) is 6.70. The van der Waals surface area contributed by atoms with Crippen LogP contribution in [0.5, 0.6) is 0 Å². The Kier molecular flexibility index (Phi) is 6.06. The van der Waals surface area contributed by atoms with E-state index < -0.39 is 0 Å². The van der Waals surface area contributed by atoms with E-state index in [1.165, 1.54) is 0 Å². The third-order valence-corrected chi connectivity index (χ3v) is 1.79. The van der Waals surface area contributed by atoms with Crippen molar-refractivity contribution in [1.82, 2.24) is 4.90 Å². The minimum atomic E-state index is 0.733. The molecule has 0 N–H and O–H groups in total. The maximum Gasteiger partial charge on any atom is 0.0549 e. The first-order valence-electron chi connectivity index (χ1n) is 4.36. The van der Waals surface area contributed by atoms with Gasteiger partial charge in [-0.1, -0.05) is 40.3 Å². The zero-order valence-corrected chi connectivity index (χ0v) is 8.95. The van der Waals surface area contributed by atoms with E-state index in [1.54, 1.807) is 0 Å². The van der Waals surface area contributed by atoms with Crippen molar-refractivity contribution in [2.75, 3.05) is 19.0 Å². The van der Waals surface area contributed by atoms with E-state index in [2.05, 4.69) is 32.6 Å². The van der Waals surface area contributed by atoms with Gasteiger partial charge in [-0.2, -0.15) is 0 Å². The summed E-state index contributed by atoms with van der Waals surface area (Å²) >= 11 is 5.04. The lowest BCUT2D eigenvalue weighted by molar-refractivity contribution is 0.256. The zero-order valence-electron chi connectivity index (χ0n) is 8.13. The first-order valence-corrected chi connectivity index (χ1v) is 4.94. The highest BCUT2D eigenvalue weighted by Gasteiger charge is 2.06. The molecule has 0 atom stereocenters. The summed E-state index contributed by atoms with van der Waals surface area (Å²) in [5, 5.41) is 0.